The fourth-order valence-electron chi connectivity index (χ4n) is 1.98. The van der Waals surface area contributed by atoms with Crippen molar-refractivity contribution in [1.82, 2.24) is 14.1 Å². The van der Waals surface area contributed by atoms with Gasteiger partial charge in [0, 0.05) is 4.47 Å². The lowest BCUT2D eigenvalue weighted by Gasteiger charge is -2.17. The summed E-state index contributed by atoms with van der Waals surface area (Å²) in [4.78, 5) is 0. The Hall–Kier alpha value is -0.980. The molecule has 108 valence electrons. The fraction of sp³-hybridized carbons (Fsp3) is 0.429. The van der Waals surface area contributed by atoms with Gasteiger partial charge in [-0.25, -0.2) is 0 Å². The third kappa shape index (κ3) is 4.01. The van der Waals surface area contributed by atoms with Crippen molar-refractivity contribution in [2.24, 2.45) is 0 Å². The fourth-order valence-corrected chi connectivity index (χ4v) is 2.86. The minimum Gasteiger partial charge on any atom is -0.497 e. The van der Waals surface area contributed by atoms with Gasteiger partial charge in [-0.15, -0.1) is 0 Å². The van der Waals surface area contributed by atoms with Crippen LogP contribution >= 0.6 is 27.7 Å². The Balaban J connectivity index is 2.18. The van der Waals surface area contributed by atoms with Gasteiger partial charge in [-0.1, -0.05) is 22.9 Å². The number of aromatic nitrogens is 2. The third-order valence-corrected chi connectivity index (χ3v) is 4.32. The van der Waals surface area contributed by atoms with Crippen molar-refractivity contribution in [3.05, 3.63) is 40.1 Å². The highest BCUT2D eigenvalue weighted by molar-refractivity contribution is 9.10. The number of hydrogen-bond acceptors (Lipinski definition) is 5. The molecule has 0 saturated heterocycles. The molecular weight excluding hydrogens is 338 g/mol. The normalized spacial score (nSPS) is 12.3. The van der Waals surface area contributed by atoms with Crippen LogP contribution in [0.2, 0.25) is 0 Å². The van der Waals surface area contributed by atoms with Crippen molar-refractivity contribution >= 4 is 27.7 Å². The molecule has 0 amide bonds. The highest BCUT2D eigenvalue weighted by Gasteiger charge is 2.16. The number of hydrogen-bond donors (Lipinski definition) is 1. The number of methoxy groups -OCH3 is 1. The van der Waals surface area contributed by atoms with E-state index in [1.54, 1.807) is 7.11 Å². The Morgan fingerprint density at radius 3 is 2.95 bits per heavy atom. The molecule has 2 rings (SSSR count). The second kappa shape index (κ2) is 7.71. The topological polar surface area (TPSA) is 47.0 Å². The molecule has 1 aromatic heterocycles. The second-order valence-corrected chi connectivity index (χ2v) is 5.91. The van der Waals surface area contributed by atoms with Crippen LogP contribution in [0.25, 0.3) is 0 Å². The maximum absolute atomic E-state index is 5.30. The average molecular weight is 356 g/mol. The van der Waals surface area contributed by atoms with Crippen molar-refractivity contribution in [3.8, 4) is 5.75 Å². The van der Waals surface area contributed by atoms with Crippen LogP contribution < -0.4 is 10.1 Å². The molecule has 0 aliphatic heterocycles. The highest BCUT2D eigenvalue weighted by Crippen LogP contribution is 2.27. The number of nitrogens with zero attached hydrogens (tertiary/aromatic N) is 2. The molecule has 1 aromatic carbocycles. The average Bonchev–Trinajstić information content (AvgIpc) is 2.99. The Morgan fingerprint density at radius 1 is 1.45 bits per heavy atom. The molecule has 1 atom stereocenters. The summed E-state index contributed by atoms with van der Waals surface area (Å²) in [7, 11) is 1.68. The van der Waals surface area contributed by atoms with Gasteiger partial charge in [0.15, 0.2) is 0 Å². The summed E-state index contributed by atoms with van der Waals surface area (Å²) in [5.74, 6) is 0.869. The molecule has 0 radical (unpaired) electrons. The minimum absolute atomic E-state index is 0.178. The molecule has 0 aliphatic rings. The number of ether oxygens (including phenoxy) is 1. The molecule has 0 bridgehead atoms. The van der Waals surface area contributed by atoms with E-state index in [9.17, 15) is 0 Å². The lowest BCUT2D eigenvalue weighted by atomic mass is 10.0. The van der Waals surface area contributed by atoms with Gasteiger partial charge in [-0.2, -0.15) is 8.75 Å². The molecule has 1 unspecified atom stereocenters. The Kier molecular flexibility index (Phi) is 5.94. The summed E-state index contributed by atoms with van der Waals surface area (Å²) in [5, 5.41) is 3.53. The molecule has 0 fully saturated rings. The molecule has 2 aromatic rings. The van der Waals surface area contributed by atoms with E-state index in [1.165, 1.54) is 17.3 Å². The monoisotopic (exact) mass is 355 g/mol. The SMILES string of the molecule is CCCNC(Cc1cc(OC)ccc1Br)c1cnsn1. The quantitative estimate of drug-likeness (QED) is 0.824. The first-order valence-electron chi connectivity index (χ1n) is 6.57. The van der Waals surface area contributed by atoms with Crippen LogP contribution in [0.15, 0.2) is 28.9 Å². The van der Waals surface area contributed by atoms with Gasteiger partial charge in [0.1, 0.15) is 5.75 Å². The molecule has 1 N–H and O–H groups in total. The first-order chi connectivity index (χ1) is 9.74. The van der Waals surface area contributed by atoms with Crippen molar-refractivity contribution in [3.63, 3.8) is 0 Å². The van der Waals surface area contributed by atoms with E-state index in [4.69, 9.17) is 4.74 Å². The Bertz CT molecular complexity index is 533. The van der Waals surface area contributed by atoms with Crippen LogP contribution in [0.3, 0.4) is 0 Å². The molecule has 4 nitrogen and oxygen atoms in total. The van der Waals surface area contributed by atoms with E-state index in [0.717, 1.165) is 35.3 Å². The van der Waals surface area contributed by atoms with Crippen molar-refractivity contribution in [2.45, 2.75) is 25.8 Å². The Morgan fingerprint density at radius 2 is 2.30 bits per heavy atom. The summed E-state index contributed by atoms with van der Waals surface area (Å²) in [6.45, 7) is 3.12. The van der Waals surface area contributed by atoms with Gasteiger partial charge in [0.05, 0.1) is 36.8 Å². The Labute approximate surface area is 132 Å². The lowest BCUT2D eigenvalue weighted by molar-refractivity contribution is 0.413. The number of rotatable bonds is 7. The van der Waals surface area contributed by atoms with Crippen LogP contribution in [0.4, 0.5) is 0 Å². The standard InChI is InChI=1S/C14H18BrN3OS/c1-3-6-16-13(14-9-17-20-18-14)8-10-7-11(19-2)4-5-12(10)15/h4-5,7,9,13,16H,3,6,8H2,1-2H3. The number of benzene rings is 1. The van der Waals surface area contributed by atoms with Gasteiger partial charge in [-0.3, -0.25) is 0 Å². The highest BCUT2D eigenvalue weighted by atomic mass is 79.9. The second-order valence-electron chi connectivity index (χ2n) is 4.50. The van der Waals surface area contributed by atoms with Crippen LogP contribution in [-0.4, -0.2) is 22.4 Å². The first-order valence-corrected chi connectivity index (χ1v) is 8.10. The maximum atomic E-state index is 5.30. The zero-order valence-electron chi connectivity index (χ0n) is 11.6. The van der Waals surface area contributed by atoms with E-state index < -0.39 is 0 Å². The van der Waals surface area contributed by atoms with E-state index in [1.807, 2.05) is 18.3 Å². The van der Waals surface area contributed by atoms with Gasteiger partial charge in [-0.05, 0) is 43.1 Å². The van der Waals surface area contributed by atoms with Gasteiger partial charge in [0.25, 0.3) is 0 Å². The predicted octanol–water partition coefficient (Wildman–Crippen LogP) is 3.59. The van der Waals surface area contributed by atoms with E-state index in [2.05, 4.69) is 43.0 Å². The van der Waals surface area contributed by atoms with Crippen molar-refractivity contribution in [2.75, 3.05) is 13.7 Å². The van der Waals surface area contributed by atoms with Crippen LogP contribution in [0.5, 0.6) is 5.75 Å². The van der Waals surface area contributed by atoms with Crippen molar-refractivity contribution < 1.29 is 4.74 Å². The lowest BCUT2D eigenvalue weighted by Crippen LogP contribution is -2.24. The smallest absolute Gasteiger partial charge is 0.119 e. The van der Waals surface area contributed by atoms with Crippen molar-refractivity contribution in [1.29, 1.82) is 0 Å². The molecular formula is C14H18BrN3OS. The molecule has 0 saturated carbocycles. The largest absolute Gasteiger partial charge is 0.497 e. The minimum atomic E-state index is 0.178. The summed E-state index contributed by atoms with van der Waals surface area (Å²) in [5.41, 5.74) is 2.20. The van der Waals surface area contributed by atoms with Gasteiger partial charge < -0.3 is 10.1 Å². The maximum Gasteiger partial charge on any atom is 0.119 e. The van der Waals surface area contributed by atoms with E-state index >= 15 is 0 Å². The first kappa shape index (κ1) is 15.4. The third-order valence-electron chi connectivity index (χ3n) is 3.05. The van der Waals surface area contributed by atoms with Crippen LogP contribution in [-0.2, 0) is 6.42 Å². The summed E-state index contributed by atoms with van der Waals surface area (Å²) < 4.78 is 14.8. The molecule has 20 heavy (non-hydrogen) atoms. The number of nitrogens with one attached hydrogen (secondary N) is 1. The summed E-state index contributed by atoms with van der Waals surface area (Å²) in [6.07, 6.45) is 3.78. The molecule has 0 aliphatic carbocycles. The van der Waals surface area contributed by atoms with Crippen LogP contribution in [0, 0.1) is 0 Å². The summed E-state index contributed by atoms with van der Waals surface area (Å²) in [6, 6.07) is 6.21. The zero-order valence-corrected chi connectivity index (χ0v) is 14.0. The van der Waals surface area contributed by atoms with Crippen LogP contribution in [0.1, 0.15) is 30.6 Å². The van der Waals surface area contributed by atoms with E-state index in [0.29, 0.717) is 0 Å². The van der Waals surface area contributed by atoms with E-state index in [-0.39, 0.29) is 6.04 Å². The number of halogens is 1. The zero-order chi connectivity index (χ0) is 14.4. The summed E-state index contributed by atoms with van der Waals surface area (Å²) >= 11 is 4.85. The van der Waals surface area contributed by atoms with Gasteiger partial charge in [0.2, 0.25) is 0 Å². The predicted molar refractivity (Wildman–Crippen MR) is 85.3 cm³/mol. The van der Waals surface area contributed by atoms with Gasteiger partial charge >= 0.3 is 0 Å². The molecule has 1 heterocycles. The molecule has 0 spiro atoms. The molecule has 6 heteroatoms.